The van der Waals surface area contributed by atoms with E-state index in [9.17, 15) is 9.18 Å². The fourth-order valence-corrected chi connectivity index (χ4v) is 5.15. The zero-order chi connectivity index (χ0) is 25.5. The number of carbonyl (C=O) groups is 1. The van der Waals surface area contributed by atoms with Crippen molar-refractivity contribution < 1.29 is 13.9 Å². The van der Waals surface area contributed by atoms with Gasteiger partial charge in [-0.2, -0.15) is 0 Å². The minimum Gasteiger partial charge on any atom is -0.381 e. The zero-order valence-electron chi connectivity index (χ0n) is 21.6. The van der Waals surface area contributed by atoms with Crippen molar-refractivity contribution in [3.8, 4) is 0 Å². The minimum absolute atomic E-state index is 0.0713. The van der Waals surface area contributed by atoms with Crippen molar-refractivity contribution in [1.82, 2.24) is 5.32 Å². The Morgan fingerprint density at radius 3 is 2.33 bits per heavy atom. The van der Waals surface area contributed by atoms with E-state index >= 15 is 0 Å². The standard InChI is InChI=1S/C31H37FN2O2/c1-4-7-24-10-11-26(33-27-19-22(2)18-23(3)20-27)21-28(24)30(35)34-31(14-16-36-17-15-31)13-12-25-8-5-6-9-29(25)32/h5-6,8-11,18-21,33H,4,7,12-17H2,1-3H3,(H,34,35). The number of hydrogen-bond donors (Lipinski definition) is 2. The van der Waals surface area contributed by atoms with Crippen molar-refractivity contribution in [3.63, 3.8) is 0 Å². The second-order valence-electron chi connectivity index (χ2n) is 10.1. The van der Waals surface area contributed by atoms with Crippen LogP contribution in [0.2, 0.25) is 0 Å². The van der Waals surface area contributed by atoms with Crippen molar-refractivity contribution in [2.75, 3.05) is 18.5 Å². The Kier molecular flexibility index (Phi) is 8.42. The summed E-state index contributed by atoms with van der Waals surface area (Å²) in [6.07, 6.45) is 4.47. The predicted octanol–water partition coefficient (Wildman–Crippen LogP) is 7.05. The lowest BCUT2D eigenvalue weighted by Crippen LogP contribution is -2.52. The highest BCUT2D eigenvalue weighted by Gasteiger charge is 2.34. The number of halogens is 1. The van der Waals surface area contributed by atoms with Crippen LogP contribution in [0.5, 0.6) is 0 Å². The van der Waals surface area contributed by atoms with E-state index in [0.717, 1.165) is 42.6 Å². The topological polar surface area (TPSA) is 50.4 Å². The summed E-state index contributed by atoms with van der Waals surface area (Å²) in [7, 11) is 0. The van der Waals surface area contributed by atoms with Gasteiger partial charge in [-0.1, -0.05) is 43.7 Å². The summed E-state index contributed by atoms with van der Waals surface area (Å²) >= 11 is 0. The molecule has 1 heterocycles. The summed E-state index contributed by atoms with van der Waals surface area (Å²) in [5.41, 5.74) is 6.27. The second-order valence-corrected chi connectivity index (χ2v) is 10.1. The first-order valence-corrected chi connectivity index (χ1v) is 13.0. The van der Waals surface area contributed by atoms with Crippen molar-refractivity contribution in [2.45, 2.75) is 64.8 Å². The van der Waals surface area contributed by atoms with E-state index in [2.05, 4.69) is 55.7 Å². The Morgan fingerprint density at radius 2 is 1.64 bits per heavy atom. The van der Waals surface area contributed by atoms with Gasteiger partial charge in [-0.15, -0.1) is 0 Å². The predicted molar refractivity (Wildman–Crippen MR) is 145 cm³/mol. The molecule has 36 heavy (non-hydrogen) atoms. The molecule has 0 saturated carbocycles. The largest absolute Gasteiger partial charge is 0.381 e. The van der Waals surface area contributed by atoms with E-state index in [1.807, 2.05) is 24.3 Å². The molecular weight excluding hydrogens is 451 g/mol. The molecule has 0 aliphatic carbocycles. The summed E-state index contributed by atoms with van der Waals surface area (Å²) in [6.45, 7) is 7.46. The van der Waals surface area contributed by atoms with Gasteiger partial charge < -0.3 is 15.4 Å². The molecule has 0 bridgehead atoms. The molecule has 4 nitrogen and oxygen atoms in total. The first kappa shape index (κ1) is 25.9. The van der Waals surface area contributed by atoms with Gasteiger partial charge in [0, 0.05) is 35.7 Å². The van der Waals surface area contributed by atoms with Gasteiger partial charge >= 0.3 is 0 Å². The Labute approximate surface area is 214 Å². The van der Waals surface area contributed by atoms with Gasteiger partial charge in [-0.25, -0.2) is 4.39 Å². The van der Waals surface area contributed by atoms with E-state index in [-0.39, 0.29) is 11.7 Å². The first-order chi connectivity index (χ1) is 17.4. The average molecular weight is 489 g/mol. The molecule has 190 valence electrons. The summed E-state index contributed by atoms with van der Waals surface area (Å²) < 4.78 is 19.9. The van der Waals surface area contributed by atoms with Gasteiger partial charge in [-0.05, 0) is 98.5 Å². The molecule has 0 radical (unpaired) electrons. The van der Waals surface area contributed by atoms with E-state index in [1.165, 1.54) is 17.2 Å². The molecule has 2 N–H and O–H groups in total. The maximum atomic E-state index is 14.3. The Balaban J connectivity index is 1.57. The highest BCUT2D eigenvalue weighted by atomic mass is 19.1. The van der Waals surface area contributed by atoms with E-state index < -0.39 is 5.54 Å². The van der Waals surface area contributed by atoms with Crippen molar-refractivity contribution >= 4 is 17.3 Å². The second kappa shape index (κ2) is 11.7. The number of nitrogens with one attached hydrogen (secondary N) is 2. The Hall–Kier alpha value is -3.18. The number of anilines is 2. The molecule has 0 aromatic heterocycles. The van der Waals surface area contributed by atoms with Crippen LogP contribution in [-0.2, 0) is 17.6 Å². The van der Waals surface area contributed by atoms with Crippen LogP contribution in [0.3, 0.4) is 0 Å². The highest BCUT2D eigenvalue weighted by Crippen LogP contribution is 2.29. The summed E-state index contributed by atoms with van der Waals surface area (Å²) in [6, 6.07) is 19.3. The van der Waals surface area contributed by atoms with Gasteiger partial charge in [0.05, 0.1) is 0 Å². The Bertz CT molecular complexity index is 1180. The third-order valence-electron chi connectivity index (χ3n) is 7.04. The summed E-state index contributed by atoms with van der Waals surface area (Å²) in [5.74, 6) is -0.264. The minimum atomic E-state index is -0.418. The van der Waals surface area contributed by atoms with Crippen molar-refractivity contribution in [3.05, 3.63) is 94.3 Å². The zero-order valence-corrected chi connectivity index (χ0v) is 21.6. The molecule has 0 atom stereocenters. The number of rotatable bonds is 9. The molecule has 1 fully saturated rings. The third-order valence-corrected chi connectivity index (χ3v) is 7.04. The molecule has 5 heteroatoms. The van der Waals surface area contributed by atoms with Crippen LogP contribution in [0.15, 0.2) is 60.7 Å². The van der Waals surface area contributed by atoms with Gasteiger partial charge in [0.2, 0.25) is 0 Å². The average Bonchev–Trinajstić information content (AvgIpc) is 2.84. The van der Waals surface area contributed by atoms with Crippen LogP contribution in [0, 0.1) is 19.7 Å². The number of amides is 1. The molecule has 1 amide bonds. The molecule has 1 aliphatic heterocycles. The molecule has 1 saturated heterocycles. The van der Waals surface area contributed by atoms with Crippen LogP contribution < -0.4 is 10.6 Å². The van der Waals surface area contributed by atoms with Crippen LogP contribution >= 0.6 is 0 Å². The monoisotopic (exact) mass is 488 g/mol. The van der Waals surface area contributed by atoms with E-state index in [4.69, 9.17) is 4.74 Å². The molecule has 3 aromatic rings. The number of ether oxygens (including phenoxy) is 1. The fraction of sp³-hybridized carbons (Fsp3) is 0.387. The normalized spacial score (nSPS) is 14.9. The highest BCUT2D eigenvalue weighted by molar-refractivity contribution is 5.97. The molecule has 3 aromatic carbocycles. The third kappa shape index (κ3) is 6.52. The lowest BCUT2D eigenvalue weighted by Gasteiger charge is -2.38. The number of aryl methyl sites for hydroxylation is 4. The van der Waals surface area contributed by atoms with Crippen LogP contribution in [-0.4, -0.2) is 24.7 Å². The molecule has 4 rings (SSSR count). The first-order valence-electron chi connectivity index (χ1n) is 13.0. The van der Waals surface area contributed by atoms with Gasteiger partial charge in [0.1, 0.15) is 5.82 Å². The molecule has 0 unspecified atom stereocenters. The fourth-order valence-electron chi connectivity index (χ4n) is 5.15. The SMILES string of the molecule is CCCc1ccc(Nc2cc(C)cc(C)c2)cc1C(=O)NC1(CCc2ccccc2F)CCOCC1. The van der Waals surface area contributed by atoms with Gasteiger partial charge in [0.25, 0.3) is 5.91 Å². The summed E-state index contributed by atoms with van der Waals surface area (Å²) in [5, 5.41) is 6.85. The number of carbonyl (C=O) groups excluding carboxylic acids is 1. The van der Waals surface area contributed by atoms with Gasteiger partial charge in [-0.3, -0.25) is 4.79 Å². The van der Waals surface area contributed by atoms with Crippen LogP contribution in [0.1, 0.15) is 65.2 Å². The lowest BCUT2D eigenvalue weighted by molar-refractivity contribution is 0.0328. The van der Waals surface area contributed by atoms with Crippen LogP contribution in [0.25, 0.3) is 0 Å². The lowest BCUT2D eigenvalue weighted by atomic mass is 9.83. The Morgan fingerprint density at radius 1 is 0.917 bits per heavy atom. The quantitative estimate of drug-likeness (QED) is 0.339. The molecule has 1 aliphatic rings. The maximum Gasteiger partial charge on any atom is 0.252 e. The van der Waals surface area contributed by atoms with E-state index in [1.54, 1.807) is 6.07 Å². The molecular formula is C31H37FN2O2. The number of hydrogen-bond acceptors (Lipinski definition) is 3. The van der Waals surface area contributed by atoms with Crippen LogP contribution in [0.4, 0.5) is 15.8 Å². The van der Waals surface area contributed by atoms with Crippen molar-refractivity contribution in [2.24, 2.45) is 0 Å². The maximum absolute atomic E-state index is 14.3. The van der Waals surface area contributed by atoms with Gasteiger partial charge in [0.15, 0.2) is 0 Å². The van der Waals surface area contributed by atoms with Crippen molar-refractivity contribution in [1.29, 1.82) is 0 Å². The number of benzene rings is 3. The summed E-state index contributed by atoms with van der Waals surface area (Å²) in [4.78, 5) is 13.8. The molecule has 0 spiro atoms. The van der Waals surface area contributed by atoms with E-state index in [0.29, 0.717) is 37.2 Å². The smallest absolute Gasteiger partial charge is 0.252 e.